The fourth-order valence-corrected chi connectivity index (χ4v) is 2.12. The van der Waals surface area contributed by atoms with Crippen LogP contribution < -0.4 is 5.32 Å². The summed E-state index contributed by atoms with van der Waals surface area (Å²) in [7, 11) is 1.49. The van der Waals surface area contributed by atoms with Gasteiger partial charge in [-0.15, -0.1) is 0 Å². The third-order valence-corrected chi connectivity index (χ3v) is 3.34. The molecular formula is C13H19N3O5. The molecule has 21 heavy (non-hydrogen) atoms. The molecule has 0 spiro atoms. The molecule has 1 amide bonds. The SMILES string of the molecule is COCC(O)CCNC(=O)c1cc([N+](=O)[O-])cn1C1CC1. The number of methoxy groups -OCH3 is 1. The van der Waals surface area contributed by atoms with Gasteiger partial charge in [0.05, 0.1) is 23.8 Å². The Hall–Kier alpha value is -1.93. The van der Waals surface area contributed by atoms with E-state index in [1.54, 1.807) is 4.57 Å². The summed E-state index contributed by atoms with van der Waals surface area (Å²) in [5.41, 5.74) is 0.219. The Morgan fingerprint density at radius 1 is 1.67 bits per heavy atom. The van der Waals surface area contributed by atoms with Gasteiger partial charge in [0.2, 0.25) is 0 Å². The van der Waals surface area contributed by atoms with Crippen LogP contribution in [-0.4, -0.2) is 46.9 Å². The van der Waals surface area contributed by atoms with E-state index in [1.165, 1.54) is 19.4 Å². The smallest absolute Gasteiger partial charge is 0.287 e. The Morgan fingerprint density at radius 2 is 2.38 bits per heavy atom. The first-order valence-electron chi connectivity index (χ1n) is 6.84. The van der Waals surface area contributed by atoms with E-state index in [-0.39, 0.29) is 30.8 Å². The van der Waals surface area contributed by atoms with Gasteiger partial charge in [-0.2, -0.15) is 0 Å². The van der Waals surface area contributed by atoms with Crippen molar-refractivity contribution < 1.29 is 19.6 Å². The summed E-state index contributed by atoms with van der Waals surface area (Å²) in [4.78, 5) is 22.4. The minimum atomic E-state index is -0.639. The number of aromatic nitrogens is 1. The van der Waals surface area contributed by atoms with Gasteiger partial charge < -0.3 is 19.7 Å². The lowest BCUT2D eigenvalue weighted by molar-refractivity contribution is -0.384. The normalized spacial score (nSPS) is 15.7. The standard InChI is InChI=1S/C13H19N3O5/c1-21-8-11(17)4-5-14-13(18)12-6-10(16(19)20)7-15(12)9-2-3-9/h6-7,9,11,17H,2-5,8H2,1H3,(H,14,18). The number of amides is 1. The second kappa shape index (κ2) is 6.68. The first kappa shape index (κ1) is 15.5. The van der Waals surface area contributed by atoms with Gasteiger partial charge in [0.25, 0.3) is 11.6 Å². The van der Waals surface area contributed by atoms with Crippen molar-refractivity contribution in [3.63, 3.8) is 0 Å². The fourth-order valence-electron chi connectivity index (χ4n) is 2.12. The van der Waals surface area contributed by atoms with E-state index < -0.39 is 11.0 Å². The van der Waals surface area contributed by atoms with Crippen molar-refractivity contribution in [3.8, 4) is 0 Å². The van der Waals surface area contributed by atoms with E-state index in [4.69, 9.17) is 4.74 Å². The van der Waals surface area contributed by atoms with E-state index in [2.05, 4.69) is 5.32 Å². The monoisotopic (exact) mass is 297 g/mol. The lowest BCUT2D eigenvalue weighted by Crippen LogP contribution is -2.29. The van der Waals surface area contributed by atoms with Crippen molar-refractivity contribution in [3.05, 3.63) is 28.1 Å². The molecule has 1 aliphatic carbocycles. The summed E-state index contributed by atoms with van der Waals surface area (Å²) >= 11 is 0. The Labute approximate surface area is 121 Å². The Balaban J connectivity index is 1.96. The molecule has 1 aliphatic rings. The molecule has 8 heteroatoms. The summed E-state index contributed by atoms with van der Waals surface area (Å²) < 4.78 is 6.46. The van der Waals surface area contributed by atoms with Crippen LogP contribution >= 0.6 is 0 Å². The molecule has 1 fully saturated rings. The highest BCUT2D eigenvalue weighted by Crippen LogP contribution is 2.37. The maximum Gasteiger partial charge on any atom is 0.287 e. The molecule has 0 saturated heterocycles. The Bertz CT molecular complexity index is 524. The average Bonchev–Trinajstić information content (AvgIpc) is 3.17. The number of ether oxygens (including phenoxy) is 1. The number of carbonyl (C=O) groups is 1. The molecule has 0 bridgehead atoms. The lowest BCUT2D eigenvalue weighted by Gasteiger charge is -2.11. The average molecular weight is 297 g/mol. The van der Waals surface area contributed by atoms with Gasteiger partial charge in [-0.3, -0.25) is 14.9 Å². The summed E-state index contributed by atoms with van der Waals surface area (Å²) in [5.74, 6) is -0.361. The minimum absolute atomic E-state index is 0.0773. The number of carbonyl (C=O) groups excluding carboxylic acids is 1. The number of hydrogen-bond donors (Lipinski definition) is 2. The predicted molar refractivity (Wildman–Crippen MR) is 74.2 cm³/mol. The summed E-state index contributed by atoms with van der Waals surface area (Å²) in [6.45, 7) is 0.493. The van der Waals surface area contributed by atoms with Crippen LogP contribution in [0, 0.1) is 10.1 Å². The van der Waals surface area contributed by atoms with Crippen LogP contribution in [0.1, 0.15) is 35.8 Å². The first-order valence-corrected chi connectivity index (χ1v) is 6.84. The number of rotatable bonds is 8. The molecule has 116 valence electrons. The van der Waals surface area contributed by atoms with Crippen molar-refractivity contribution in [2.24, 2.45) is 0 Å². The highest BCUT2D eigenvalue weighted by Gasteiger charge is 2.30. The van der Waals surface area contributed by atoms with Crippen LogP contribution in [0.5, 0.6) is 0 Å². The fraction of sp³-hybridized carbons (Fsp3) is 0.615. The molecule has 0 radical (unpaired) electrons. The second-order valence-corrected chi connectivity index (χ2v) is 5.13. The molecule has 1 saturated carbocycles. The maximum absolute atomic E-state index is 12.1. The molecule has 2 N–H and O–H groups in total. The van der Waals surface area contributed by atoms with Gasteiger partial charge in [0.15, 0.2) is 0 Å². The second-order valence-electron chi connectivity index (χ2n) is 5.13. The van der Waals surface area contributed by atoms with Crippen molar-refractivity contribution in [2.75, 3.05) is 20.3 Å². The van der Waals surface area contributed by atoms with Crippen LogP contribution in [0.15, 0.2) is 12.3 Å². The summed E-state index contributed by atoms with van der Waals surface area (Å²) in [6, 6.07) is 1.47. The maximum atomic E-state index is 12.1. The van der Waals surface area contributed by atoms with Crippen molar-refractivity contribution in [1.82, 2.24) is 9.88 Å². The van der Waals surface area contributed by atoms with Crippen molar-refractivity contribution in [2.45, 2.75) is 31.4 Å². The summed E-state index contributed by atoms with van der Waals surface area (Å²) in [6.07, 6.45) is 3.00. The molecule has 1 aromatic rings. The predicted octanol–water partition coefficient (Wildman–Crippen LogP) is 0.858. The molecule has 0 aromatic carbocycles. The van der Waals surface area contributed by atoms with E-state index in [1.807, 2.05) is 0 Å². The molecular weight excluding hydrogens is 278 g/mol. The molecule has 1 heterocycles. The van der Waals surface area contributed by atoms with Crippen LogP contribution in [0.4, 0.5) is 5.69 Å². The molecule has 0 aliphatic heterocycles. The third kappa shape index (κ3) is 4.02. The summed E-state index contributed by atoms with van der Waals surface area (Å²) in [5, 5.41) is 23.0. The van der Waals surface area contributed by atoms with Gasteiger partial charge >= 0.3 is 0 Å². The number of nitro groups is 1. The minimum Gasteiger partial charge on any atom is -0.391 e. The third-order valence-electron chi connectivity index (χ3n) is 3.34. The van der Waals surface area contributed by atoms with Crippen LogP contribution in [0.3, 0.4) is 0 Å². The highest BCUT2D eigenvalue weighted by atomic mass is 16.6. The highest BCUT2D eigenvalue weighted by molar-refractivity contribution is 5.93. The van der Waals surface area contributed by atoms with E-state index in [9.17, 15) is 20.0 Å². The number of aliphatic hydroxyl groups excluding tert-OH is 1. The van der Waals surface area contributed by atoms with Crippen LogP contribution in [0.2, 0.25) is 0 Å². The Kier molecular flexibility index (Phi) is 4.92. The molecule has 8 nitrogen and oxygen atoms in total. The van der Waals surface area contributed by atoms with Gasteiger partial charge in [-0.25, -0.2) is 0 Å². The van der Waals surface area contributed by atoms with Gasteiger partial charge in [0.1, 0.15) is 5.69 Å². The number of aliphatic hydroxyl groups is 1. The van der Waals surface area contributed by atoms with E-state index in [0.717, 1.165) is 12.8 Å². The van der Waals surface area contributed by atoms with Crippen molar-refractivity contribution >= 4 is 11.6 Å². The molecule has 1 unspecified atom stereocenters. The topological polar surface area (TPSA) is 107 Å². The number of nitrogens with zero attached hydrogens (tertiary/aromatic N) is 2. The van der Waals surface area contributed by atoms with Crippen LogP contribution in [0.25, 0.3) is 0 Å². The van der Waals surface area contributed by atoms with Gasteiger partial charge in [-0.1, -0.05) is 0 Å². The molecule has 1 aromatic heterocycles. The van der Waals surface area contributed by atoms with Gasteiger partial charge in [-0.05, 0) is 19.3 Å². The zero-order chi connectivity index (χ0) is 15.4. The molecule has 1 atom stereocenters. The number of nitrogens with one attached hydrogen (secondary N) is 1. The van der Waals surface area contributed by atoms with E-state index >= 15 is 0 Å². The number of hydrogen-bond acceptors (Lipinski definition) is 5. The van der Waals surface area contributed by atoms with Crippen molar-refractivity contribution in [1.29, 1.82) is 0 Å². The largest absolute Gasteiger partial charge is 0.391 e. The van der Waals surface area contributed by atoms with E-state index in [0.29, 0.717) is 12.1 Å². The van der Waals surface area contributed by atoms with Gasteiger partial charge in [0, 0.05) is 25.8 Å². The Morgan fingerprint density at radius 3 is 2.95 bits per heavy atom. The zero-order valence-corrected chi connectivity index (χ0v) is 11.8. The van der Waals surface area contributed by atoms with Crippen LogP contribution in [-0.2, 0) is 4.74 Å². The lowest BCUT2D eigenvalue weighted by atomic mass is 10.2. The zero-order valence-electron chi connectivity index (χ0n) is 11.8. The first-order chi connectivity index (χ1) is 10.0. The quantitative estimate of drug-likeness (QED) is 0.546. The molecule has 2 rings (SSSR count).